The number of fused-ring (bicyclic) bond motifs is 2. The van der Waals surface area contributed by atoms with E-state index in [4.69, 9.17) is 14.2 Å². The van der Waals surface area contributed by atoms with Crippen LogP contribution in [0.2, 0.25) is 0 Å². The number of hydrogen-bond acceptors (Lipinski definition) is 5. The predicted molar refractivity (Wildman–Crippen MR) is 158 cm³/mol. The number of aldehydes is 2. The molecule has 0 aromatic heterocycles. The molecule has 1 fully saturated rings. The van der Waals surface area contributed by atoms with Crippen molar-refractivity contribution >= 4 is 34.1 Å². The third-order valence-corrected chi connectivity index (χ3v) is 7.10. The first-order chi connectivity index (χ1) is 20.6. The molecule has 0 spiro atoms. The van der Waals surface area contributed by atoms with Crippen molar-refractivity contribution in [3.05, 3.63) is 119 Å². The fraction of sp³-hybridized carbons (Fsp3) is 0.200. The fourth-order valence-electron chi connectivity index (χ4n) is 5.02. The Bertz CT molecular complexity index is 1670. The maximum atomic E-state index is 13.2. The molecule has 42 heavy (non-hydrogen) atoms. The van der Waals surface area contributed by atoms with Gasteiger partial charge >= 0.3 is 0 Å². The van der Waals surface area contributed by atoms with Crippen molar-refractivity contribution in [3.63, 3.8) is 0 Å². The Labute approximate surface area is 242 Å². The molecule has 0 bridgehead atoms. The van der Waals surface area contributed by atoms with E-state index in [0.29, 0.717) is 29.0 Å². The molecule has 1 unspecified atom stereocenters. The molecule has 0 amide bonds. The van der Waals surface area contributed by atoms with Crippen molar-refractivity contribution in [2.24, 2.45) is 0 Å². The van der Waals surface area contributed by atoms with E-state index in [2.05, 4.69) is 0 Å². The molecule has 0 N–H and O–H groups in total. The monoisotopic (exact) mass is 568 g/mol. The number of ether oxygens (including phenoxy) is 3. The molecule has 5 nitrogen and oxygen atoms in total. The summed E-state index contributed by atoms with van der Waals surface area (Å²) in [6.45, 7) is 1.45. The van der Waals surface area contributed by atoms with Crippen LogP contribution in [0.1, 0.15) is 45.5 Å². The first-order valence-corrected chi connectivity index (χ1v) is 13.8. The van der Waals surface area contributed by atoms with Crippen LogP contribution in [-0.2, 0) is 11.3 Å². The van der Waals surface area contributed by atoms with Crippen LogP contribution in [0.15, 0.2) is 91.0 Å². The molecule has 5 aromatic rings. The lowest BCUT2D eigenvalue weighted by Gasteiger charge is -2.23. The fourth-order valence-corrected chi connectivity index (χ4v) is 5.02. The lowest BCUT2D eigenvalue weighted by atomic mass is 10.0. The molecule has 1 atom stereocenters. The van der Waals surface area contributed by atoms with Crippen molar-refractivity contribution in [2.45, 2.75) is 32.0 Å². The Morgan fingerprint density at radius 2 is 1.24 bits per heavy atom. The summed E-state index contributed by atoms with van der Waals surface area (Å²) in [5.41, 5.74) is 1.67. The topological polar surface area (TPSA) is 61.8 Å². The number of hydrogen-bond donors (Lipinski definition) is 0. The number of rotatable bonds is 8. The zero-order valence-electron chi connectivity index (χ0n) is 22.9. The van der Waals surface area contributed by atoms with E-state index in [1.54, 1.807) is 12.1 Å². The zero-order valence-corrected chi connectivity index (χ0v) is 22.9. The summed E-state index contributed by atoms with van der Waals surface area (Å²) in [4.78, 5) is 22.1. The standard InChI is InChI=1S/C18H12F2O2.C17H18O3/c19-14-7-12(8-15(20)9-14)11-22-18-6-5-13(10-21)16-3-1-2-4-17(16)18;18-11-13-8-9-17(16-7-2-1-6-15(13)16)20-12-14-5-3-4-10-19-14/h1-10H,11H2;1-2,6-9,11,14H,3-5,10,12H2. The van der Waals surface area contributed by atoms with Crippen LogP contribution in [-0.4, -0.2) is 31.9 Å². The lowest BCUT2D eigenvalue weighted by Crippen LogP contribution is -2.25. The van der Waals surface area contributed by atoms with Crippen LogP contribution in [0.5, 0.6) is 11.5 Å². The number of benzene rings is 5. The zero-order chi connectivity index (χ0) is 29.3. The molecule has 1 saturated heterocycles. The predicted octanol–water partition coefficient (Wildman–Crippen LogP) is 8.11. The van der Waals surface area contributed by atoms with E-state index in [9.17, 15) is 18.4 Å². The van der Waals surface area contributed by atoms with E-state index in [1.807, 2.05) is 60.7 Å². The van der Waals surface area contributed by atoms with Gasteiger partial charge in [-0.1, -0.05) is 48.5 Å². The van der Waals surface area contributed by atoms with Gasteiger partial charge in [0.1, 0.15) is 36.3 Å². The van der Waals surface area contributed by atoms with Crippen LogP contribution >= 0.6 is 0 Å². The highest BCUT2D eigenvalue weighted by molar-refractivity contribution is 6.01. The smallest absolute Gasteiger partial charge is 0.150 e. The van der Waals surface area contributed by atoms with Crippen LogP contribution in [0.25, 0.3) is 21.5 Å². The molecule has 7 heteroatoms. The molecule has 6 rings (SSSR count). The van der Waals surface area contributed by atoms with Crippen LogP contribution in [0.4, 0.5) is 8.78 Å². The van der Waals surface area contributed by atoms with E-state index < -0.39 is 11.6 Å². The van der Waals surface area contributed by atoms with Crippen molar-refractivity contribution in [1.29, 1.82) is 0 Å². The van der Waals surface area contributed by atoms with E-state index in [0.717, 1.165) is 65.4 Å². The quantitative estimate of drug-likeness (QED) is 0.177. The molecule has 0 radical (unpaired) electrons. The number of halogens is 2. The summed E-state index contributed by atoms with van der Waals surface area (Å²) in [5.74, 6) is 0.103. The maximum Gasteiger partial charge on any atom is 0.150 e. The Morgan fingerprint density at radius 1 is 0.690 bits per heavy atom. The highest BCUT2D eigenvalue weighted by atomic mass is 19.1. The minimum atomic E-state index is -0.639. The van der Waals surface area contributed by atoms with Gasteiger partial charge in [0, 0.05) is 34.6 Å². The highest BCUT2D eigenvalue weighted by Crippen LogP contribution is 2.30. The molecule has 1 aliphatic rings. The average Bonchev–Trinajstić information content (AvgIpc) is 3.03. The molecule has 5 aromatic carbocycles. The average molecular weight is 569 g/mol. The third-order valence-electron chi connectivity index (χ3n) is 7.10. The Balaban J connectivity index is 0.000000169. The molecular weight excluding hydrogens is 538 g/mol. The first-order valence-electron chi connectivity index (χ1n) is 13.8. The molecular formula is C35H30F2O5. The molecule has 0 saturated carbocycles. The highest BCUT2D eigenvalue weighted by Gasteiger charge is 2.15. The summed E-state index contributed by atoms with van der Waals surface area (Å²) in [5, 5.41) is 3.47. The van der Waals surface area contributed by atoms with Crippen molar-refractivity contribution in [2.75, 3.05) is 13.2 Å². The summed E-state index contributed by atoms with van der Waals surface area (Å²) >= 11 is 0. The number of carbonyl (C=O) groups is 2. The lowest BCUT2D eigenvalue weighted by molar-refractivity contribution is -0.0107. The minimum Gasteiger partial charge on any atom is -0.490 e. The van der Waals surface area contributed by atoms with Crippen molar-refractivity contribution < 1.29 is 32.6 Å². The van der Waals surface area contributed by atoms with Crippen molar-refractivity contribution in [1.82, 2.24) is 0 Å². The Kier molecular flexibility index (Phi) is 9.51. The SMILES string of the molecule is O=Cc1ccc(OCC2CCCCO2)c2ccccc12.O=Cc1ccc(OCc2cc(F)cc(F)c2)c2ccccc12. The molecule has 214 valence electrons. The summed E-state index contributed by atoms with van der Waals surface area (Å²) in [6, 6.07) is 25.5. The summed E-state index contributed by atoms with van der Waals surface area (Å²) < 4.78 is 43.6. The van der Waals surface area contributed by atoms with E-state index in [1.165, 1.54) is 18.6 Å². The van der Waals surface area contributed by atoms with Gasteiger partial charge < -0.3 is 14.2 Å². The van der Waals surface area contributed by atoms with Gasteiger partial charge in [-0.15, -0.1) is 0 Å². The maximum absolute atomic E-state index is 13.2. The summed E-state index contributed by atoms with van der Waals surface area (Å²) in [7, 11) is 0. The first kappa shape index (κ1) is 28.9. The van der Waals surface area contributed by atoms with Gasteiger partial charge in [-0.3, -0.25) is 9.59 Å². The van der Waals surface area contributed by atoms with Gasteiger partial charge in [-0.2, -0.15) is 0 Å². The second-order valence-corrected chi connectivity index (χ2v) is 10.00. The summed E-state index contributed by atoms with van der Waals surface area (Å²) in [6.07, 6.45) is 5.27. The minimum absolute atomic E-state index is 0.0408. The van der Waals surface area contributed by atoms with E-state index in [-0.39, 0.29) is 12.7 Å². The second kappa shape index (κ2) is 13.8. The number of carbonyl (C=O) groups excluding carboxylic acids is 2. The Hall–Kier alpha value is -4.62. The third kappa shape index (κ3) is 6.98. The normalized spacial score (nSPS) is 14.6. The van der Waals surface area contributed by atoms with Gasteiger partial charge in [0.25, 0.3) is 0 Å². The largest absolute Gasteiger partial charge is 0.490 e. The molecule has 1 aliphatic heterocycles. The second-order valence-electron chi connectivity index (χ2n) is 10.00. The van der Waals surface area contributed by atoms with Gasteiger partial charge in [0.15, 0.2) is 12.6 Å². The van der Waals surface area contributed by atoms with Gasteiger partial charge in [-0.25, -0.2) is 8.78 Å². The van der Waals surface area contributed by atoms with E-state index >= 15 is 0 Å². The van der Waals surface area contributed by atoms with Crippen LogP contribution < -0.4 is 9.47 Å². The van der Waals surface area contributed by atoms with Crippen LogP contribution in [0.3, 0.4) is 0 Å². The van der Waals surface area contributed by atoms with Crippen molar-refractivity contribution in [3.8, 4) is 11.5 Å². The Morgan fingerprint density at radius 3 is 1.76 bits per heavy atom. The van der Waals surface area contributed by atoms with Gasteiger partial charge in [-0.05, 0) is 72.0 Å². The molecule has 0 aliphatic carbocycles. The van der Waals surface area contributed by atoms with Gasteiger partial charge in [0.2, 0.25) is 0 Å². The molecule has 1 heterocycles. The van der Waals surface area contributed by atoms with Crippen LogP contribution in [0, 0.1) is 11.6 Å². The van der Waals surface area contributed by atoms with Gasteiger partial charge in [0.05, 0.1) is 6.10 Å².